The minimum absolute atomic E-state index is 0.234. The first-order valence-electron chi connectivity index (χ1n) is 10.5. The molecule has 3 saturated carbocycles. The van der Waals surface area contributed by atoms with E-state index in [0.717, 1.165) is 58.2 Å². The zero-order valence-corrected chi connectivity index (χ0v) is 16.1. The van der Waals surface area contributed by atoms with Crippen LogP contribution in [0.1, 0.15) is 65.2 Å². The van der Waals surface area contributed by atoms with Gasteiger partial charge in [0, 0.05) is 18.3 Å². The Morgan fingerprint density at radius 1 is 1.08 bits per heavy atom. The Morgan fingerprint density at radius 3 is 2.54 bits per heavy atom. The molecule has 4 aliphatic carbocycles. The molecule has 2 unspecified atom stereocenters. The maximum absolute atomic E-state index is 11.0. The van der Waals surface area contributed by atoms with Crippen molar-refractivity contribution in [3.8, 4) is 6.07 Å². The van der Waals surface area contributed by atoms with Crippen molar-refractivity contribution in [2.45, 2.75) is 76.6 Å². The molecule has 6 atom stereocenters. The van der Waals surface area contributed by atoms with Crippen LogP contribution in [0, 0.1) is 39.9 Å². The quantitative estimate of drug-likeness (QED) is 0.527. The van der Waals surface area contributed by atoms with Crippen molar-refractivity contribution < 1.29 is 14.6 Å². The molecule has 4 nitrogen and oxygen atoms in total. The predicted octanol–water partition coefficient (Wildman–Crippen LogP) is 3.95. The monoisotopic (exact) mass is 357 g/mol. The molecule has 1 N–H and O–H groups in total. The summed E-state index contributed by atoms with van der Waals surface area (Å²) >= 11 is 0. The number of allylic oxidation sites excluding steroid dienone is 1. The molecule has 0 amide bonds. The van der Waals surface area contributed by atoms with E-state index in [1.807, 2.05) is 0 Å². The molecule has 0 bridgehead atoms. The maximum atomic E-state index is 11.0. The minimum atomic E-state index is -1.13. The van der Waals surface area contributed by atoms with E-state index in [4.69, 9.17) is 9.47 Å². The van der Waals surface area contributed by atoms with Crippen molar-refractivity contribution in [3.63, 3.8) is 0 Å². The maximum Gasteiger partial charge on any atom is 0.172 e. The van der Waals surface area contributed by atoms with Gasteiger partial charge in [0.25, 0.3) is 0 Å². The van der Waals surface area contributed by atoms with Gasteiger partial charge in [-0.2, -0.15) is 5.26 Å². The van der Waals surface area contributed by atoms with Crippen LogP contribution in [0.2, 0.25) is 0 Å². The van der Waals surface area contributed by atoms with Gasteiger partial charge in [0.1, 0.15) is 0 Å². The van der Waals surface area contributed by atoms with Crippen LogP contribution in [-0.2, 0) is 9.47 Å². The van der Waals surface area contributed by atoms with Crippen LogP contribution in [0.4, 0.5) is 0 Å². The lowest BCUT2D eigenvalue weighted by atomic mass is 9.47. The summed E-state index contributed by atoms with van der Waals surface area (Å²) < 4.78 is 12.0. The third kappa shape index (κ3) is 2.00. The molecule has 5 aliphatic rings. The molecule has 0 aromatic rings. The van der Waals surface area contributed by atoms with E-state index < -0.39 is 5.60 Å². The Labute approximate surface area is 156 Å². The van der Waals surface area contributed by atoms with Gasteiger partial charge in [-0.1, -0.05) is 25.5 Å². The van der Waals surface area contributed by atoms with E-state index in [2.05, 4.69) is 26.0 Å². The fourth-order valence-electron chi connectivity index (χ4n) is 7.55. The predicted molar refractivity (Wildman–Crippen MR) is 96.9 cm³/mol. The molecule has 26 heavy (non-hydrogen) atoms. The first-order chi connectivity index (χ1) is 12.4. The van der Waals surface area contributed by atoms with Gasteiger partial charge < -0.3 is 14.6 Å². The molecular formula is C22H31NO3. The lowest BCUT2D eigenvalue weighted by molar-refractivity contribution is -0.186. The molecule has 5 rings (SSSR count). The number of nitrogens with zero attached hydrogens (tertiary/aromatic N) is 1. The average Bonchev–Trinajstić information content (AvgIpc) is 3.19. The van der Waals surface area contributed by atoms with E-state index in [0.29, 0.717) is 24.2 Å². The van der Waals surface area contributed by atoms with Crippen molar-refractivity contribution in [2.24, 2.45) is 28.6 Å². The summed E-state index contributed by atoms with van der Waals surface area (Å²) in [6.07, 6.45) is 10.4. The van der Waals surface area contributed by atoms with Gasteiger partial charge in [-0.25, -0.2) is 0 Å². The van der Waals surface area contributed by atoms with Gasteiger partial charge in [-0.3, -0.25) is 0 Å². The summed E-state index contributed by atoms with van der Waals surface area (Å²) in [6, 6.07) is 2.28. The Morgan fingerprint density at radius 2 is 1.81 bits per heavy atom. The van der Waals surface area contributed by atoms with Crippen LogP contribution in [0.5, 0.6) is 0 Å². The highest BCUT2D eigenvalue weighted by Gasteiger charge is 2.64. The zero-order valence-electron chi connectivity index (χ0n) is 16.1. The summed E-state index contributed by atoms with van der Waals surface area (Å²) in [5.74, 6) is 1.38. The highest BCUT2D eigenvalue weighted by molar-refractivity contribution is 5.28. The second-order valence-electron chi connectivity index (χ2n) is 10.0. The summed E-state index contributed by atoms with van der Waals surface area (Å²) in [7, 11) is 0. The number of aliphatic hydroxyl groups is 1. The SMILES string of the molecule is C[C@]12CCC3(CC1=CCC1C2CC[C@@]2(C)[C@H]1CC[C@@]2(O)C#N)OCCO3. The molecule has 0 aromatic carbocycles. The molecule has 0 aromatic heterocycles. The molecule has 4 fully saturated rings. The van der Waals surface area contributed by atoms with Crippen molar-refractivity contribution in [2.75, 3.05) is 13.2 Å². The van der Waals surface area contributed by atoms with E-state index >= 15 is 0 Å². The summed E-state index contributed by atoms with van der Waals surface area (Å²) in [5, 5.41) is 20.6. The third-order valence-electron chi connectivity index (χ3n) is 9.26. The molecule has 1 spiro atoms. The van der Waals surface area contributed by atoms with Crippen LogP contribution in [0.25, 0.3) is 0 Å². The van der Waals surface area contributed by atoms with Gasteiger partial charge in [-0.15, -0.1) is 0 Å². The second kappa shape index (κ2) is 5.34. The molecule has 1 saturated heterocycles. The largest absolute Gasteiger partial charge is 0.375 e. The van der Waals surface area contributed by atoms with E-state index in [-0.39, 0.29) is 16.6 Å². The Balaban J connectivity index is 1.47. The molecule has 0 radical (unpaired) electrons. The first kappa shape index (κ1) is 17.2. The molecule has 142 valence electrons. The van der Waals surface area contributed by atoms with Crippen LogP contribution < -0.4 is 0 Å². The number of fused-ring (bicyclic) bond motifs is 5. The molecule has 4 heteroatoms. The zero-order chi connectivity index (χ0) is 18.2. The smallest absolute Gasteiger partial charge is 0.172 e. The van der Waals surface area contributed by atoms with Crippen molar-refractivity contribution in [1.29, 1.82) is 5.26 Å². The van der Waals surface area contributed by atoms with Crippen LogP contribution in [0.3, 0.4) is 0 Å². The molecule has 1 aliphatic heterocycles. The number of rotatable bonds is 0. The Kier molecular flexibility index (Phi) is 3.54. The lowest BCUT2D eigenvalue weighted by Crippen LogP contribution is -2.55. The van der Waals surface area contributed by atoms with Gasteiger partial charge in [0.15, 0.2) is 11.4 Å². The van der Waals surface area contributed by atoms with Crippen LogP contribution in [0.15, 0.2) is 11.6 Å². The Bertz CT molecular complexity index is 690. The van der Waals surface area contributed by atoms with Gasteiger partial charge in [0.05, 0.1) is 19.3 Å². The van der Waals surface area contributed by atoms with Gasteiger partial charge in [0.2, 0.25) is 0 Å². The normalized spacial score (nSPS) is 51.9. The number of hydrogen-bond acceptors (Lipinski definition) is 4. The van der Waals surface area contributed by atoms with Crippen LogP contribution >= 0.6 is 0 Å². The van der Waals surface area contributed by atoms with E-state index in [1.165, 1.54) is 0 Å². The van der Waals surface area contributed by atoms with Gasteiger partial charge in [-0.05, 0) is 61.7 Å². The third-order valence-corrected chi connectivity index (χ3v) is 9.26. The summed E-state index contributed by atoms with van der Waals surface area (Å²) in [4.78, 5) is 0. The molecular weight excluding hydrogens is 326 g/mol. The van der Waals surface area contributed by atoms with Crippen molar-refractivity contribution >= 4 is 0 Å². The fourth-order valence-corrected chi connectivity index (χ4v) is 7.55. The summed E-state index contributed by atoms with van der Waals surface area (Å²) in [5.41, 5.74) is 0.412. The highest BCUT2D eigenvalue weighted by atomic mass is 16.7. The minimum Gasteiger partial charge on any atom is -0.375 e. The summed E-state index contributed by atoms with van der Waals surface area (Å²) in [6.45, 7) is 6.10. The lowest BCUT2D eigenvalue weighted by Gasteiger charge is -2.59. The second-order valence-corrected chi connectivity index (χ2v) is 10.0. The standard InChI is InChI=1S/C22H31NO3/c1-19-9-10-22(25-11-12-26-22)13-15(19)3-4-16-17(19)5-7-20(2)18(16)6-8-21(20,24)14-23/h3,16-18,24H,4-13H2,1-2H3/t16?,17?,18-,19-,20-,21+/m0/s1. The number of ether oxygens (including phenoxy) is 2. The Hall–Kier alpha value is -0.890. The molecule has 1 heterocycles. The fraction of sp³-hybridized carbons (Fsp3) is 0.864. The number of nitriles is 1. The number of hydrogen-bond donors (Lipinski definition) is 1. The average molecular weight is 357 g/mol. The van der Waals surface area contributed by atoms with Gasteiger partial charge >= 0.3 is 0 Å². The van der Waals surface area contributed by atoms with Crippen LogP contribution in [-0.4, -0.2) is 29.7 Å². The topological polar surface area (TPSA) is 62.5 Å². The van der Waals surface area contributed by atoms with E-state index in [1.54, 1.807) is 5.57 Å². The first-order valence-corrected chi connectivity index (χ1v) is 10.5. The van der Waals surface area contributed by atoms with Crippen molar-refractivity contribution in [3.05, 3.63) is 11.6 Å². The van der Waals surface area contributed by atoms with E-state index in [9.17, 15) is 10.4 Å². The highest BCUT2D eigenvalue weighted by Crippen LogP contribution is 2.67. The van der Waals surface area contributed by atoms with Crippen molar-refractivity contribution in [1.82, 2.24) is 0 Å².